The topological polar surface area (TPSA) is 48.5 Å². The van der Waals surface area contributed by atoms with E-state index in [9.17, 15) is 4.79 Å². The molecule has 1 N–H and O–H groups in total. The summed E-state index contributed by atoms with van der Waals surface area (Å²) < 4.78 is 0. The predicted octanol–water partition coefficient (Wildman–Crippen LogP) is 4.27. The smallest absolute Gasteiger partial charge is 0.234 e. The number of nitrogens with zero attached hydrogens (tertiary/aromatic N) is 3. The summed E-state index contributed by atoms with van der Waals surface area (Å²) >= 11 is 1.46. The lowest BCUT2D eigenvalue weighted by molar-refractivity contribution is -0.113. The van der Waals surface area contributed by atoms with Crippen molar-refractivity contribution in [3.63, 3.8) is 0 Å². The lowest BCUT2D eigenvalue weighted by atomic mass is 9.94. The van der Waals surface area contributed by atoms with Crippen LogP contribution in [0.4, 0.5) is 11.4 Å². The van der Waals surface area contributed by atoms with E-state index < -0.39 is 0 Å². The average Bonchev–Trinajstić information content (AvgIpc) is 2.79. The van der Waals surface area contributed by atoms with E-state index in [2.05, 4.69) is 32.2 Å². The first-order valence-corrected chi connectivity index (χ1v) is 11.7. The van der Waals surface area contributed by atoms with Gasteiger partial charge >= 0.3 is 0 Å². The molecule has 1 saturated carbocycles. The highest BCUT2D eigenvalue weighted by atomic mass is 32.2. The second kappa shape index (κ2) is 10.1. The molecule has 1 aromatic carbocycles. The van der Waals surface area contributed by atoms with Gasteiger partial charge in [0.2, 0.25) is 5.91 Å². The Hall–Kier alpha value is -2.05. The molecule has 1 saturated heterocycles. The lowest BCUT2D eigenvalue weighted by Crippen LogP contribution is -2.51. The van der Waals surface area contributed by atoms with Crippen molar-refractivity contribution in [2.45, 2.75) is 43.2 Å². The van der Waals surface area contributed by atoms with Crippen LogP contribution in [0.1, 0.15) is 32.1 Å². The molecule has 4 rings (SSSR count). The van der Waals surface area contributed by atoms with Crippen LogP contribution < -0.4 is 10.2 Å². The largest absolute Gasteiger partial charge is 0.367 e. The fourth-order valence-electron chi connectivity index (χ4n) is 4.39. The highest BCUT2D eigenvalue weighted by Gasteiger charge is 2.26. The van der Waals surface area contributed by atoms with Crippen LogP contribution in [0.15, 0.2) is 53.7 Å². The first kappa shape index (κ1) is 20.2. The number of carbonyl (C=O) groups is 1. The molecule has 0 bridgehead atoms. The molecule has 2 fully saturated rings. The number of carbonyl (C=O) groups excluding carboxylic acids is 1. The van der Waals surface area contributed by atoms with Crippen molar-refractivity contribution in [3.8, 4) is 0 Å². The maximum Gasteiger partial charge on any atom is 0.234 e. The Morgan fingerprint density at radius 2 is 1.76 bits per heavy atom. The van der Waals surface area contributed by atoms with Gasteiger partial charge in [0.05, 0.1) is 22.2 Å². The van der Waals surface area contributed by atoms with Crippen LogP contribution in [-0.4, -0.2) is 53.8 Å². The van der Waals surface area contributed by atoms with Crippen molar-refractivity contribution in [2.24, 2.45) is 0 Å². The summed E-state index contributed by atoms with van der Waals surface area (Å²) in [5, 5.41) is 3.98. The van der Waals surface area contributed by atoms with Crippen LogP contribution in [0.3, 0.4) is 0 Å². The summed E-state index contributed by atoms with van der Waals surface area (Å²) in [6.45, 7) is 4.27. The Labute approximate surface area is 177 Å². The summed E-state index contributed by atoms with van der Waals surface area (Å²) in [7, 11) is 0. The van der Waals surface area contributed by atoms with E-state index in [0.29, 0.717) is 5.75 Å². The monoisotopic (exact) mass is 410 g/mol. The molecule has 1 amide bonds. The fraction of sp³-hybridized carbons (Fsp3) is 0.478. The van der Waals surface area contributed by atoms with Gasteiger partial charge in [-0.3, -0.25) is 9.69 Å². The Balaban J connectivity index is 1.33. The molecule has 1 aliphatic carbocycles. The Morgan fingerprint density at radius 1 is 1.00 bits per heavy atom. The number of anilines is 2. The van der Waals surface area contributed by atoms with Crippen LogP contribution in [0.25, 0.3) is 0 Å². The van der Waals surface area contributed by atoms with E-state index >= 15 is 0 Å². The molecule has 1 aliphatic heterocycles. The van der Waals surface area contributed by atoms with Gasteiger partial charge in [0, 0.05) is 38.4 Å². The normalized spacial score (nSPS) is 18.6. The second-order valence-corrected chi connectivity index (χ2v) is 8.83. The Bertz CT molecular complexity index is 786. The number of piperazine rings is 1. The van der Waals surface area contributed by atoms with E-state index in [1.165, 1.54) is 43.9 Å². The van der Waals surface area contributed by atoms with Crippen LogP contribution in [0.2, 0.25) is 0 Å². The number of amides is 1. The number of benzene rings is 1. The molecule has 6 heteroatoms. The van der Waals surface area contributed by atoms with Gasteiger partial charge in [-0.2, -0.15) is 0 Å². The molecule has 2 heterocycles. The van der Waals surface area contributed by atoms with Crippen molar-refractivity contribution >= 4 is 29.0 Å². The molecule has 0 radical (unpaired) electrons. The summed E-state index contributed by atoms with van der Waals surface area (Å²) in [5.74, 6) is 0.370. The zero-order chi connectivity index (χ0) is 19.9. The molecule has 5 nitrogen and oxygen atoms in total. The summed E-state index contributed by atoms with van der Waals surface area (Å²) in [6.07, 6.45) is 8.65. The molecule has 0 atom stereocenters. The number of hydrogen-bond acceptors (Lipinski definition) is 5. The highest BCUT2D eigenvalue weighted by Crippen LogP contribution is 2.29. The SMILES string of the molecule is O=C(CSc1ccccn1)Nc1ccccc1N1CCN(C2CCCCC2)CC1. The van der Waals surface area contributed by atoms with Gasteiger partial charge in [-0.15, -0.1) is 0 Å². The quantitative estimate of drug-likeness (QED) is 0.721. The Morgan fingerprint density at radius 3 is 2.52 bits per heavy atom. The van der Waals surface area contributed by atoms with Gasteiger partial charge in [0.25, 0.3) is 0 Å². The number of thioether (sulfide) groups is 1. The van der Waals surface area contributed by atoms with Crippen LogP contribution in [0, 0.1) is 0 Å². The summed E-state index contributed by atoms with van der Waals surface area (Å²) in [6, 6.07) is 14.7. The van der Waals surface area contributed by atoms with Crippen molar-refractivity contribution in [2.75, 3.05) is 42.1 Å². The Kier molecular flexibility index (Phi) is 7.06. The third-order valence-corrected chi connectivity index (χ3v) is 6.86. The van der Waals surface area contributed by atoms with Crippen molar-refractivity contribution in [1.82, 2.24) is 9.88 Å². The third-order valence-electron chi connectivity index (χ3n) is 5.91. The minimum atomic E-state index is 0.00828. The highest BCUT2D eigenvalue weighted by molar-refractivity contribution is 7.99. The molecule has 1 aromatic heterocycles. The maximum absolute atomic E-state index is 12.5. The fourth-order valence-corrected chi connectivity index (χ4v) is 5.05. The van der Waals surface area contributed by atoms with E-state index in [1.54, 1.807) is 6.20 Å². The lowest BCUT2D eigenvalue weighted by Gasteiger charge is -2.42. The standard InChI is InChI=1S/C23H30N4OS/c28-22(18-29-23-12-6-7-13-24-23)25-20-10-4-5-11-21(20)27-16-14-26(15-17-27)19-8-2-1-3-9-19/h4-7,10-13,19H,1-3,8-9,14-18H2,(H,25,28). The number of para-hydroxylation sites is 2. The molecular formula is C23H30N4OS. The van der Waals surface area contributed by atoms with Gasteiger partial charge in [0.1, 0.15) is 0 Å². The third kappa shape index (κ3) is 5.52. The average molecular weight is 411 g/mol. The number of nitrogens with one attached hydrogen (secondary N) is 1. The van der Waals surface area contributed by atoms with E-state index in [-0.39, 0.29) is 5.91 Å². The number of pyridine rings is 1. The van der Waals surface area contributed by atoms with Crippen LogP contribution in [0.5, 0.6) is 0 Å². The van der Waals surface area contributed by atoms with Gasteiger partial charge in [-0.1, -0.05) is 49.2 Å². The van der Waals surface area contributed by atoms with Gasteiger partial charge in [-0.05, 0) is 37.1 Å². The minimum absolute atomic E-state index is 0.00828. The van der Waals surface area contributed by atoms with Gasteiger partial charge in [0.15, 0.2) is 0 Å². The van der Waals surface area contributed by atoms with E-state index in [4.69, 9.17) is 0 Å². The van der Waals surface area contributed by atoms with Crippen molar-refractivity contribution < 1.29 is 4.79 Å². The first-order chi connectivity index (χ1) is 14.3. The summed E-state index contributed by atoms with van der Waals surface area (Å²) in [4.78, 5) is 21.9. The molecule has 2 aliphatic rings. The number of hydrogen-bond donors (Lipinski definition) is 1. The molecule has 2 aromatic rings. The molecule has 29 heavy (non-hydrogen) atoms. The second-order valence-electron chi connectivity index (χ2n) is 7.84. The maximum atomic E-state index is 12.5. The van der Waals surface area contributed by atoms with Crippen LogP contribution >= 0.6 is 11.8 Å². The first-order valence-electron chi connectivity index (χ1n) is 10.7. The minimum Gasteiger partial charge on any atom is -0.367 e. The summed E-state index contributed by atoms with van der Waals surface area (Å²) in [5.41, 5.74) is 2.04. The van der Waals surface area contributed by atoms with Crippen LogP contribution in [-0.2, 0) is 4.79 Å². The zero-order valence-corrected chi connectivity index (χ0v) is 17.7. The van der Waals surface area contributed by atoms with Crippen molar-refractivity contribution in [1.29, 1.82) is 0 Å². The van der Waals surface area contributed by atoms with E-state index in [0.717, 1.165) is 48.6 Å². The molecule has 154 valence electrons. The molecular weight excluding hydrogens is 380 g/mol. The molecule has 0 unspecified atom stereocenters. The zero-order valence-electron chi connectivity index (χ0n) is 16.9. The van der Waals surface area contributed by atoms with E-state index in [1.807, 2.05) is 30.3 Å². The molecule has 0 spiro atoms. The predicted molar refractivity (Wildman–Crippen MR) is 121 cm³/mol. The number of aromatic nitrogens is 1. The van der Waals surface area contributed by atoms with Gasteiger partial charge < -0.3 is 10.2 Å². The number of rotatable bonds is 6. The van der Waals surface area contributed by atoms with Crippen molar-refractivity contribution in [3.05, 3.63) is 48.7 Å². The van der Waals surface area contributed by atoms with Gasteiger partial charge in [-0.25, -0.2) is 4.98 Å².